The second-order valence-corrected chi connectivity index (χ2v) is 10.9. The molecule has 4 N–H and O–H groups in total. The number of hydrogen-bond donors (Lipinski definition) is 4. The fourth-order valence-electron chi connectivity index (χ4n) is 3.28. The molecule has 200 valence electrons. The molecule has 0 aliphatic rings. The van der Waals surface area contributed by atoms with E-state index in [4.69, 9.17) is 4.18 Å². The molecule has 1 aromatic carbocycles. The van der Waals surface area contributed by atoms with Crippen LogP contribution in [0.25, 0.3) is 0 Å². The number of carbonyl (C=O) groups excluding carboxylic acids is 2. The number of aliphatic hydroxyl groups excluding tert-OH is 2. The fourth-order valence-corrected chi connectivity index (χ4v) is 4.79. The van der Waals surface area contributed by atoms with Crippen molar-refractivity contribution in [2.24, 2.45) is 11.8 Å². The number of hydrogen-bond acceptors (Lipinski definition) is 8. The lowest BCUT2D eigenvalue weighted by Crippen LogP contribution is -2.53. The highest BCUT2D eigenvalue weighted by Gasteiger charge is 2.35. The van der Waals surface area contributed by atoms with Crippen LogP contribution < -0.4 is 14.9 Å². The lowest BCUT2D eigenvalue weighted by Gasteiger charge is -2.30. The topological polar surface area (TPSA) is 141 Å². The van der Waals surface area contributed by atoms with Gasteiger partial charge in [0.05, 0.1) is 24.7 Å². The summed E-state index contributed by atoms with van der Waals surface area (Å²) in [5.41, 5.74) is 0.898. The zero-order valence-electron chi connectivity index (χ0n) is 21.2. The van der Waals surface area contributed by atoms with Gasteiger partial charge in [-0.05, 0) is 24.8 Å². The average Bonchev–Trinajstić information content (AvgIpc) is 3.36. The standard InChI is InChI=1S/C24H36N4O6S2/c1-6-34-36(33)28(5)24-27-19(14-35-24)23(32)26-18(12-17-10-8-7-9-11-17)21(30)20(29)16(4)22(31)25-13-15(2)3/h7-11,14-16,18,20-21,29-30H,6,12-13H2,1-5H3,(H,25,31)(H,26,32)/t16-,18+,20?,21?,36?/m1/s1. The normalized spacial score (nSPS) is 15.6. The summed E-state index contributed by atoms with van der Waals surface area (Å²) in [6.07, 6.45) is -2.63. The first kappa shape index (κ1) is 29.8. The van der Waals surface area contributed by atoms with Crippen LogP contribution in [0.3, 0.4) is 0 Å². The number of nitrogens with zero attached hydrogens (tertiary/aromatic N) is 2. The summed E-state index contributed by atoms with van der Waals surface area (Å²) in [5, 5.41) is 29.2. The first-order chi connectivity index (χ1) is 17.0. The smallest absolute Gasteiger partial charge is 0.271 e. The van der Waals surface area contributed by atoms with E-state index in [1.54, 1.807) is 6.92 Å². The van der Waals surface area contributed by atoms with Crippen LogP contribution >= 0.6 is 11.3 Å². The summed E-state index contributed by atoms with van der Waals surface area (Å²) in [6, 6.07) is 8.30. The van der Waals surface area contributed by atoms with Crippen LogP contribution in [0, 0.1) is 11.8 Å². The average molecular weight is 541 g/mol. The highest BCUT2D eigenvalue weighted by atomic mass is 32.2. The molecule has 0 saturated heterocycles. The summed E-state index contributed by atoms with van der Waals surface area (Å²) in [7, 11) is 1.54. The Bertz CT molecular complexity index is 1000. The molecular weight excluding hydrogens is 504 g/mol. The third-order valence-electron chi connectivity index (χ3n) is 5.42. The SMILES string of the molecule is CCOS(=O)N(C)c1nc(C(=O)N[C@@H](Cc2ccccc2)C(O)C(O)[C@@H](C)C(=O)NCC(C)C)cs1. The van der Waals surface area contributed by atoms with Gasteiger partial charge in [0.2, 0.25) is 5.91 Å². The lowest BCUT2D eigenvalue weighted by atomic mass is 9.90. The monoisotopic (exact) mass is 540 g/mol. The first-order valence-electron chi connectivity index (χ1n) is 11.8. The highest BCUT2D eigenvalue weighted by Crippen LogP contribution is 2.22. The van der Waals surface area contributed by atoms with E-state index in [0.717, 1.165) is 16.9 Å². The third-order valence-corrected chi connectivity index (χ3v) is 7.51. The predicted molar refractivity (Wildman–Crippen MR) is 141 cm³/mol. The van der Waals surface area contributed by atoms with Gasteiger partial charge in [0, 0.05) is 19.0 Å². The van der Waals surface area contributed by atoms with Gasteiger partial charge in [0.1, 0.15) is 11.8 Å². The second kappa shape index (κ2) is 14.4. The number of benzene rings is 1. The number of amides is 2. The van der Waals surface area contributed by atoms with Crippen molar-refractivity contribution in [3.8, 4) is 0 Å². The molecule has 0 saturated carbocycles. The Balaban J connectivity index is 2.18. The molecular formula is C24H36N4O6S2. The van der Waals surface area contributed by atoms with Crippen molar-refractivity contribution >= 4 is 39.5 Å². The van der Waals surface area contributed by atoms with Crippen molar-refractivity contribution in [1.82, 2.24) is 15.6 Å². The zero-order chi connectivity index (χ0) is 26.8. The van der Waals surface area contributed by atoms with Crippen molar-refractivity contribution in [2.75, 3.05) is 24.5 Å². The van der Waals surface area contributed by atoms with Crippen LogP contribution in [0.15, 0.2) is 35.7 Å². The molecule has 0 aliphatic carbocycles. The van der Waals surface area contributed by atoms with Gasteiger partial charge in [-0.15, -0.1) is 11.3 Å². The van der Waals surface area contributed by atoms with Gasteiger partial charge in [-0.25, -0.2) is 13.5 Å². The maximum atomic E-state index is 13.0. The van der Waals surface area contributed by atoms with Gasteiger partial charge in [-0.3, -0.25) is 13.8 Å². The number of anilines is 1. The molecule has 0 fully saturated rings. The maximum absolute atomic E-state index is 13.0. The lowest BCUT2D eigenvalue weighted by molar-refractivity contribution is -0.131. The Labute approximate surface area is 218 Å². The van der Waals surface area contributed by atoms with E-state index in [9.17, 15) is 24.0 Å². The number of carbonyl (C=O) groups is 2. The Morgan fingerprint density at radius 2 is 1.83 bits per heavy atom. The minimum absolute atomic E-state index is 0.0674. The summed E-state index contributed by atoms with van der Waals surface area (Å²) < 4.78 is 18.4. The van der Waals surface area contributed by atoms with Gasteiger partial charge >= 0.3 is 0 Å². The van der Waals surface area contributed by atoms with Crippen LogP contribution in [-0.4, -0.2) is 69.7 Å². The molecule has 2 rings (SSSR count). The van der Waals surface area contributed by atoms with E-state index < -0.39 is 41.3 Å². The first-order valence-corrected chi connectivity index (χ1v) is 13.7. The fraction of sp³-hybridized carbons (Fsp3) is 0.542. The molecule has 1 aromatic heterocycles. The van der Waals surface area contributed by atoms with E-state index in [2.05, 4.69) is 15.6 Å². The van der Waals surface area contributed by atoms with Crippen molar-refractivity contribution in [3.05, 3.63) is 47.0 Å². The molecule has 5 atom stereocenters. The zero-order valence-corrected chi connectivity index (χ0v) is 22.8. The van der Waals surface area contributed by atoms with Crippen molar-refractivity contribution in [2.45, 2.75) is 52.4 Å². The number of thiazole rings is 1. The highest BCUT2D eigenvalue weighted by molar-refractivity contribution is 7.81. The Morgan fingerprint density at radius 1 is 1.17 bits per heavy atom. The summed E-state index contributed by atoms with van der Waals surface area (Å²) >= 11 is -0.624. The third kappa shape index (κ3) is 8.63. The largest absolute Gasteiger partial charge is 0.390 e. The molecule has 2 amide bonds. The minimum atomic E-state index is -1.74. The number of aromatic nitrogens is 1. The molecule has 10 nitrogen and oxygen atoms in total. The molecule has 1 heterocycles. The van der Waals surface area contributed by atoms with E-state index >= 15 is 0 Å². The van der Waals surface area contributed by atoms with Crippen LogP contribution in [0.2, 0.25) is 0 Å². The molecule has 0 bridgehead atoms. The predicted octanol–water partition coefficient (Wildman–Crippen LogP) is 1.67. The van der Waals surface area contributed by atoms with Gasteiger partial charge in [-0.2, -0.15) is 0 Å². The molecule has 0 aliphatic heterocycles. The van der Waals surface area contributed by atoms with E-state index in [1.807, 2.05) is 44.2 Å². The maximum Gasteiger partial charge on any atom is 0.271 e. The number of nitrogens with one attached hydrogen (secondary N) is 2. The summed E-state index contributed by atoms with van der Waals surface area (Å²) in [5.74, 6) is -1.62. The quantitative estimate of drug-likeness (QED) is 0.286. The Kier molecular flexibility index (Phi) is 11.9. The summed E-state index contributed by atoms with van der Waals surface area (Å²) in [4.78, 5) is 29.7. The van der Waals surface area contributed by atoms with Crippen LogP contribution in [0.5, 0.6) is 0 Å². The molecule has 0 spiro atoms. The van der Waals surface area contributed by atoms with Crippen molar-refractivity contribution < 1.29 is 28.2 Å². The molecule has 36 heavy (non-hydrogen) atoms. The minimum Gasteiger partial charge on any atom is -0.390 e. The van der Waals surface area contributed by atoms with Gasteiger partial charge < -0.3 is 20.8 Å². The van der Waals surface area contributed by atoms with Gasteiger partial charge in [0.25, 0.3) is 17.2 Å². The Hall–Kier alpha value is -2.38. The Morgan fingerprint density at radius 3 is 2.44 bits per heavy atom. The number of aliphatic hydroxyl groups is 2. The molecule has 2 aromatic rings. The number of rotatable bonds is 14. The van der Waals surface area contributed by atoms with E-state index in [0.29, 0.717) is 11.7 Å². The van der Waals surface area contributed by atoms with Crippen molar-refractivity contribution in [3.63, 3.8) is 0 Å². The molecule has 3 unspecified atom stereocenters. The van der Waals surface area contributed by atoms with Crippen LogP contribution in [0.1, 0.15) is 43.7 Å². The summed E-state index contributed by atoms with van der Waals surface area (Å²) in [6.45, 7) is 7.87. The van der Waals surface area contributed by atoms with Gasteiger partial charge in [-0.1, -0.05) is 51.1 Å². The van der Waals surface area contributed by atoms with Gasteiger partial charge in [0.15, 0.2) is 5.13 Å². The van der Waals surface area contributed by atoms with Crippen LogP contribution in [-0.2, 0) is 26.7 Å². The molecule has 12 heteroatoms. The van der Waals surface area contributed by atoms with Crippen molar-refractivity contribution in [1.29, 1.82) is 0 Å². The van der Waals surface area contributed by atoms with E-state index in [1.165, 1.54) is 23.7 Å². The second-order valence-electron chi connectivity index (χ2n) is 8.81. The molecule has 0 radical (unpaired) electrons. The van der Waals surface area contributed by atoms with Crippen LogP contribution in [0.4, 0.5) is 5.13 Å². The van der Waals surface area contributed by atoms with E-state index in [-0.39, 0.29) is 30.5 Å².